The molecule has 0 amide bonds. The van der Waals surface area contributed by atoms with E-state index >= 15 is 0 Å². The SMILES string of the molecule is Fc1ccccc1-c1nnc(SCC=Cc2ccccc2)n1-c1ccccc1. The summed E-state index contributed by atoms with van der Waals surface area (Å²) in [5.41, 5.74) is 2.49. The predicted octanol–water partition coefficient (Wildman–Crippen LogP) is 5.88. The first-order valence-corrected chi connectivity index (χ1v) is 9.91. The lowest BCUT2D eigenvalue weighted by Gasteiger charge is -2.10. The van der Waals surface area contributed by atoms with Gasteiger partial charge in [-0.1, -0.05) is 84.6 Å². The fourth-order valence-corrected chi connectivity index (χ4v) is 3.62. The molecule has 3 aromatic carbocycles. The molecule has 28 heavy (non-hydrogen) atoms. The molecule has 0 fully saturated rings. The molecule has 4 rings (SSSR count). The molecule has 1 aromatic heterocycles. The van der Waals surface area contributed by atoms with Crippen LogP contribution in [0.1, 0.15) is 5.56 Å². The van der Waals surface area contributed by atoms with Crippen LogP contribution >= 0.6 is 11.8 Å². The number of benzene rings is 3. The Kier molecular flexibility index (Phi) is 5.64. The summed E-state index contributed by atoms with van der Waals surface area (Å²) in [6, 6.07) is 26.6. The van der Waals surface area contributed by atoms with Crippen molar-refractivity contribution in [2.24, 2.45) is 0 Å². The Balaban J connectivity index is 1.64. The number of nitrogens with zero attached hydrogens (tertiary/aromatic N) is 3. The van der Waals surface area contributed by atoms with E-state index in [1.807, 2.05) is 53.1 Å². The second kappa shape index (κ2) is 8.67. The highest BCUT2D eigenvalue weighted by Crippen LogP contribution is 2.29. The number of rotatable bonds is 6. The molecule has 0 aliphatic carbocycles. The van der Waals surface area contributed by atoms with Crippen molar-refractivity contribution in [2.45, 2.75) is 5.16 Å². The zero-order valence-electron chi connectivity index (χ0n) is 15.1. The van der Waals surface area contributed by atoms with Gasteiger partial charge in [0.15, 0.2) is 11.0 Å². The normalized spacial score (nSPS) is 11.2. The second-order valence-corrected chi connectivity index (χ2v) is 7.07. The van der Waals surface area contributed by atoms with Crippen molar-refractivity contribution < 1.29 is 4.39 Å². The molecule has 0 bridgehead atoms. The van der Waals surface area contributed by atoms with Crippen LogP contribution in [0.4, 0.5) is 4.39 Å². The van der Waals surface area contributed by atoms with E-state index in [1.165, 1.54) is 6.07 Å². The standard InChI is InChI=1S/C23H18FN3S/c24-21-16-8-7-15-20(21)22-25-26-23(27(22)19-13-5-2-6-14-19)28-17-9-12-18-10-3-1-4-11-18/h1-16H,17H2. The van der Waals surface area contributed by atoms with E-state index in [1.54, 1.807) is 30.0 Å². The van der Waals surface area contributed by atoms with Crippen LogP contribution in [-0.2, 0) is 0 Å². The van der Waals surface area contributed by atoms with Crippen molar-refractivity contribution in [3.8, 4) is 17.1 Å². The quantitative estimate of drug-likeness (QED) is 0.387. The van der Waals surface area contributed by atoms with Crippen LogP contribution in [0.2, 0.25) is 0 Å². The number of halogens is 1. The molecule has 0 radical (unpaired) electrons. The third-order valence-corrected chi connectivity index (χ3v) is 5.06. The largest absolute Gasteiger partial charge is 0.270 e. The number of para-hydroxylation sites is 1. The van der Waals surface area contributed by atoms with Crippen LogP contribution in [0.3, 0.4) is 0 Å². The molecule has 0 aliphatic rings. The molecule has 0 N–H and O–H groups in total. The maximum atomic E-state index is 14.4. The van der Waals surface area contributed by atoms with Crippen LogP contribution in [0, 0.1) is 5.82 Å². The monoisotopic (exact) mass is 387 g/mol. The lowest BCUT2D eigenvalue weighted by Crippen LogP contribution is -2.00. The van der Waals surface area contributed by atoms with Gasteiger partial charge >= 0.3 is 0 Å². The van der Waals surface area contributed by atoms with Crippen LogP contribution in [0.5, 0.6) is 0 Å². The van der Waals surface area contributed by atoms with Gasteiger partial charge in [0.2, 0.25) is 0 Å². The Hall–Kier alpha value is -3.18. The number of thioether (sulfide) groups is 1. The molecular weight excluding hydrogens is 369 g/mol. The van der Waals surface area contributed by atoms with E-state index in [9.17, 15) is 4.39 Å². The summed E-state index contributed by atoms with van der Waals surface area (Å²) < 4.78 is 16.3. The molecule has 0 saturated heterocycles. The van der Waals surface area contributed by atoms with Gasteiger partial charge in [0, 0.05) is 11.4 Å². The molecule has 4 aromatic rings. The number of hydrogen-bond acceptors (Lipinski definition) is 3. The van der Waals surface area contributed by atoms with Crippen LogP contribution in [0.25, 0.3) is 23.2 Å². The van der Waals surface area contributed by atoms with Crippen LogP contribution in [0.15, 0.2) is 96.2 Å². The predicted molar refractivity (Wildman–Crippen MR) is 113 cm³/mol. The van der Waals surface area contributed by atoms with Crippen molar-refractivity contribution in [1.29, 1.82) is 0 Å². The van der Waals surface area contributed by atoms with Crippen LogP contribution in [-0.4, -0.2) is 20.5 Å². The van der Waals surface area contributed by atoms with Crippen molar-refractivity contribution >= 4 is 17.8 Å². The average Bonchev–Trinajstić information content (AvgIpc) is 3.16. The highest BCUT2D eigenvalue weighted by molar-refractivity contribution is 7.99. The Morgan fingerprint density at radius 3 is 2.25 bits per heavy atom. The first-order valence-electron chi connectivity index (χ1n) is 8.93. The third-order valence-electron chi connectivity index (χ3n) is 4.18. The average molecular weight is 387 g/mol. The minimum atomic E-state index is -0.312. The molecule has 0 unspecified atom stereocenters. The van der Waals surface area contributed by atoms with Crippen molar-refractivity contribution in [3.63, 3.8) is 0 Å². The van der Waals surface area contributed by atoms with Gasteiger partial charge in [-0.2, -0.15) is 0 Å². The fraction of sp³-hybridized carbons (Fsp3) is 0.0435. The second-order valence-electron chi connectivity index (χ2n) is 6.08. The lowest BCUT2D eigenvalue weighted by molar-refractivity contribution is 0.629. The first-order chi connectivity index (χ1) is 13.8. The first kappa shape index (κ1) is 18.2. The maximum Gasteiger partial charge on any atom is 0.196 e. The molecule has 5 heteroatoms. The van der Waals surface area contributed by atoms with E-state index in [0.29, 0.717) is 11.4 Å². The zero-order valence-corrected chi connectivity index (χ0v) is 15.9. The van der Waals surface area contributed by atoms with Crippen molar-refractivity contribution in [3.05, 3.63) is 102 Å². The van der Waals surface area contributed by atoms with Gasteiger partial charge in [0.25, 0.3) is 0 Å². The number of hydrogen-bond donors (Lipinski definition) is 0. The van der Waals surface area contributed by atoms with E-state index in [2.05, 4.69) is 34.5 Å². The molecule has 0 saturated carbocycles. The fourth-order valence-electron chi connectivity index (χ4n) is 2.86. The summed E-state index contributed by atoms with van der Waals surface area (Å²) >= 11 is 1.56. The summed E-state index contributed by atoms with van der Waals surface area (Å²) in [7, 11) is 0. The summed E-state index contributed by atoms with van der Waals surface area (Å²) in [4.78, 5) is 0. The summed E-state index contributed by atoms with van der Waals surface area (Å²) in [5, 5.41) is 9.34. The van der Waals surface area contributed by atoms with Gasteiger partial charge in [0.05, 0.1) is 5.56 Å². The smallest absolute Gasteiger partial charge is 0.196 e. The van der Waals surface area contributed by atoms with E-state index in [4.69, 9.17) is 0 Å². The summed E-state index contributed by atoms with van der Waals surface area (Å²) in [6.45, 7) is 0. The van der Waals surface area contributed by atoms with Gasteiger partial charge in [-0.15, -0.1) is 10.2 Å². The summed E-state index contributed by atoms with van der Waals surface area (Å²) in [6.07, 6.45) is 4.17. The highest BCUT2D eigenvalue weighted by atomic mass is 32.2. The van der Waals surface area contributed by atoms with Gasteiger partial charge in [0.1, 0.15) is 5.82 Å². The maximum absolute atomic E-state index is 14.4. The lowest BCUT2D eigenvalue weighted by atomic mass is 10.2. The molecule has 0 spiro atoms. The van der Waals surface area contributed by atoms with Gasteiger partial charge in [-0.3, -0.25) is 4.57 Å². The summed E-state index contributed by atoms with van der Waals surface area (Å²) in [5.74, 6) is 0.920. The van der Waals surface area contributed by atoms with Gasteiger partial charge in [-0.05, 0) is 29.8 Å². The molecule has 0 atom stereocenters. The van der Waals surface area contributed by atoms with Crippen LogP contribution < -0.4 is 0 Å². The highest BCUT2D eigenvalue weighted by Gasteiger charge is 2.18. The van der Waals surface area contributed by atoms with E-state index in [-0.39, 0.29) is 5.82 Å². The minimum Gasteiger partial charge on any atom is -0.270 e. The van der Waals surface area contributed by atoms with Crippen molar-refractivity contribution in [2.75, 3.05) is 5.75 Å². The Bertz CT molecular complexity index is 1080. The van der Waals surface area contributed by atoms with Gasteiger partial charge < -0.3 is 0 Å². The molecule has 3 nitrogen and oxygen atoms in total. The Labute approximate surface area is 167 Å². The molecular formula is C23H18FN3S. The van der Waals surface area contributed by atoms with Crippen molar-refractivity contribution in [1.82, 2.24) is 14.8 Å². The van der Waals surface area contributed by atoms with E-state index in [0.717, 1.165) is 22.2 Å². The third kappa shape index (κ3) is 4.05. The number of aromatic nitrogens is 3. The van der Waals surface area contributed by atoms with Gasteiger partial charge in [-0.25, -0.2) is 4.39 Å². The van der Waals surface area contributed by atoms with E-state index < -0.39 is 0 Å². The topological polar surface area (TPSA) is 30.7 Å². The molecule has 0 aliphatic heterocycles. The zero-order chi connectivity index (χ0) is 19.2. The Morgan fingerprint density at radius 1 is 0.821 bits per heavy atom. The molecule has 138 valence electrons. The minimum absolute atomic E-state index is 0.312. The Morgan fingerprint density at radius 2 is 1.50 bits per heavy atom. The molecule has 1 heterocycles.